The summed E-state index contributed by atoms with van der Waals surface area (Å²) in [6, 6.07) is 3.64. The number of hydrogen-bond donors (Lipinski definition) is 2. The zero-order valence-corrected chi connectivity index (χ0v) is 14.4. The molecule has 1 aromatic carbocycles. The minimum absolute atomic E-state index is 0.142. The molecule has 0 atom stereocenters. The molecule has 0 radical (unpaired) electrons. The number of hydrogen-bond acceptors (Lipinski definition) is 5. The first-order valence-electron chi connectivity index (χ1n) is 7.69. The van der Waals surface area contributed by atoms with Crippen molar-refractivity contribution in [3.05, 3.63) is 35.9 Å². The molecule has 1 rings (SSSR count). The molecule has 24 heavy (non-hydrogen) atoms. The molecule has 6 heteroatoms. The Morgan fingerprint density at radius 3 is 2.29 bits per heavy atom. The van der Waals surface area contributed by atoms with Gasteiger partial charge in [-0.05, 0) is 30.5 Å². The van der Waals surface area contributed by atoms with Gasteiger partial charge in [0.1, 0.15) is 0 Å². The fourth-order valence-electron chi connectivity index (χ4n) is 2.01. The van der Waals surface area contributed by atoms with Crippen LogP contribution in [0.25, 0.3) is 6.08 Å². The molecule has 0 aliphatic rings. The van der Waals surface area contributed by atoms with Gasteiger partial charge in [-0.15, -0.1) is 0 Å². The summed E-state index contributed by atoms with van der Waals surface area (Å²) < 4.78 is 15.8. The highest BCUT2D eigenvalue weighted by Crippen LogP contribution is 2.38. The van der Waals surface area contributed by atoms with E-state index in [2.05, 4.69) is 5.32 Å². The van der Waals surface area contributed by atoms with Crippen LogP contribution in [0.1, 0.15) is 18.4 Å². The third kappa shape index (κ3) is 6.34. The number of carbonyl (C=O) groups excluding carboxylic acids is 1. The number of ether oxygens (including phenoxy) is 3. The number of aliphatic hydroxyl groups excluding tert-OH is 1. The molecule has 0 heterocycles. The van der Waals surface area contributed by atoms with E-state index < -0.39 is 0 Å². The number of rotatable bonds is 10. The average Bonchev–Trinajstić information content (AvgIpc) is 2.61. The Hall–Kier alpha value is -2.47. The fourth-order valence-corrected chi connectivity index (χ4v) is 2.01. The predicted octanol–water partition coefficient (Wildman–Crippen LogP) is 2.17. The Kier molecular flexibility index (Phi) is 9.07. The Bertz CT molecular complexity index is 556. The van der Waals surface area contributed by atoms with Crippen molar-refractivity contribution in [2.75, 3.05) is 34.5 Å². The van der Waals surface area contributed by atoms with Crippen molar-refractivity contribution in [1.82, 2.24) is 5.32 Å². The summed E-state index contributed by atoms with van der Waals surface area (Å²) in [7, 11) is 4.68. The normalized spacial score (nSPS) is 11.0. The minimum Gasteiger partial charge on any atom is -0.493 e. The van der Waals surface area contributed by atoms with Gasteiger partial charge in [0.15, 0.2) is 11.5 Å². The lowest BCUT2D eigenvalue weighted by molar-refractivity contribution is -0.116. The van der Waals surface area contributed by atoms with Crippen molar-refractivity contribution in [2.24, 2.45) is 0 Å². The summed E-state index contributed by atoms with van der Waals surface area (Å²) in [6.07, 6.45) is 8.15. The van der Waals surface area contributed by atoms with Crippen LogP contribution in [-0.2, 0) is 4.79 Å². The first kappa shape index (κ1) is 19.6. The van der Waals surface area contributed by atoms with Gasteiger partial charge in [0.25, 0.3) is 0 Å². The minimum atomic E-state index is -0.164. The second-order valence-corrected chi connectivity index (χ2v) is 4.90. The van der Waals surface area contributed by atoms with E-state index in [9.17, 15) is 4.79 Å². The van der Waals surface area contributed by atoms with E-state index in [1.807, 2.05) is 18.2 Å². The molecule has 1 aromatic rings. The maximum absolute atomic E-state index is 11.6. The zero-order chi connectivity index (χ0) is 17.8. The maximum atomic E-state index is 11.6. The van der Waals surface area contributed by atoms with Gasteiger partial charge < -0.3 is 24.6 Å². The van der Waals surface area contributed by atoms with Gasteiger partial charge in [0.05, 0.1) is 21.3 Å². The lowest BCUT2D eigenvalue weighted by Gasteiger charge is -2.12. The highest BCUT2D eigenvalue weighted by atomic mass is 16.5. The monoisotopic (exact) mass is 335 g/mol. The van der Waals surface area contributed by atoms with E-state index in [-0.39, 0.29) is 12.5 Å². The van der Waals surface area contributed by atoms with E-state index in [4.69, 9.17) is 19.3 Å². The molecule has 0 fully saturated rings. The predicted molar refractivity (Wildman–Crippen MR) is 93.6 cm³/mol. The van der Waals surface area contributed by atoms with Gasteiger partial charge in [-0.25, -0.2) is 0 Å². The molecule has 0 bridgehead atoms. The molecular weight excluding hydrogens is 310 g/mol. The van der Waals surface area contributed by atoms with Crippen molar-refractivity contribution in [1.29, 1.82) is 0 Å². The summed E-state index contributed by atoms with van der Waals surface area (Å²) in [5.74, 6) is 1.52. The van der Waals surface area contributed by atoms with E-state index >= 15 is 0 Å². The maximum Gasteiger partial charge on any atom is 0.243 e. The van der Waals surface area contributed by atoms with Gasteiger partial charge in [-0.2, -0.15) is 0 Å². The van der Waals surface area contributed by atoms with Gasteiger partial charge in [0, 0.05) is 19.2 Å². The number of carbonyl (C=O) groups is 1. The lowest BCUT2D eigenvalue weighted by Crippen LogP contribution is -2.22. The Morgan fingerprint density at radius 2 is 1.75 bits per heavy atom. The molecule has 132 valence electrons. The second-order valence-electron chi connectivity index (χ2n) is 4.90. The zero-order valence-electron chi connectivity index (χ0n) is 14.4. The smallest absolute Gasteiger partial charge is 0.243 e. The second kappa shape index (κ2) is 11.1. The molecular formula is C18H25NO5. The van der Waals surface area contributed by atoms with Crippen molar-refractivity contribution in [3.63, 3.8) is 0 Å². The van der Waals surface area contributed by atoms with Gasteiger partial charge in [-0.1, -0.05) is 18.2 Å². The van der Waals surface area contributed by atoms with Crippen LogP contribution < -0.4 is 19.5 Å². The number of allylic oxidation sites excluding steroid dienone is 2. The number of benzene rings is 1. The fraction of sp³-hybridized carbons (Fsp3) is 0.389. The molecule has 0 saturated carbocycles. The summed E-state index contributed by atoms with van der Waals surface area (Å²) in [6.45, 7) is 0.698. The van der Waals surface area contributed by atoms with E-state index in [1.54, 1.807) is 33.5 Å². The molecule has 6 nitrogen and oxygen atoms in total. The van der Waals surface area contributed by atoms with Crippen LogP contribution >= 0.6 is 0 Å². The van der Waals surface area contributed by atoms with Gasteiger partial charge in [0.2, 0.25) is 11.7 Å². The summed E-state index contributed by atoms with van der Waals surface area (Å²) in [4.78, 5) is 11.6. The number of unbranched alkanes of at least 4 members (excludes halogenated alkanes) is 1. The van der Waals surface area contributed by atoms with E-state index in [1.165, 1.54) is 6.08 Å². The first-order chi connectivity index (χ1) is 11.7. The summed E-state index contributed by atoms with van der Waals surface area (Å²) >= 11 is 0. The first-order valence-corrected chi connectivity index (χ1v) is 7.69. The van der Waals surface area contributed by atoms with Crippen LogP contribution in [0.15, 0.2) is 30.4 Å². The van der Waals surface area contributed by atoms with Crippen LogP contribution in [0, 0.1) is 0 Å². The summed E-state index contributed by atoms with van der Waals surface area (Å²) in [5.41, 5.74) is 0.859. The number of methoxy groups -OCH3 is 3. The molecule has 1 amide bonds. The molecule has 0 spiro atoms. The van der Waals surface area contributed by atoms with Gasteiger partial charge in [-0.3, -0.25) is 4.79 Å². The standard InChI is InChI=1S/C18H25NO5/c1-22-15-12-14(13-16(23-2)18(15)24-3)8-4-5-9-17(21)19-10-6-7-11-20/h4-5,8-9,12-13,20H,6-7,10-11H2,1-3H3,(H,19,21). The third-order valence-electron chi connectivity index (χ3n) is 3.22. The Morgan fingerprint density at radius 1 is 1.08 bits per heavy atom. The van der Waals surface area contributed by atoms with Crippen LogP contribution in [0.2, 0.25) is 0 Å². The van der Waals surface area contributed by atoms with Gasteiger partial charge >= 0.3 is 0 Å². The number of amides is 1. The molecule has 2 N–H and O–H groups in total. The molecule has 0 saturated heterocycles. The topological polar surface area (TPSA) is 77.0 Å². The van der Waals surface area contributed by atoms with Crippen molar-refractivity contribution in [3.8, 4) is 17.2 Å². The Labute approximate surface area is 142 Å². The quantitative estimate of drug-likeness (QED) is 0.389. The number of nitrogens with one attached hydrogen (secondary N) is 1. The molecule has 0 unspecified atom stereocenters. The van der Waals surface area contributed by atoms with E-state index in [0.29, 0.717) is 30.2 Å². The van der Waals surface area contributed by atoms with Crippen LogP contribution in [0.5, 0.6) is 17.2 Å². The summed E-state index contributed by atoms with van der Waals surface area (Å²) in [5, 5.41) is 11.4. The highest BCUT2D eigenvalue weighted by molar-refractivity contribution is 5.87. The largest absolute Gasteiger partial charge is 0.493 e. The van der Waals surface area contributed by atoms with Crippen molar-refractivity contribution < 1.29 is 24.1 Å². The van der Waals surface area contributed by atoms with Crippen LogP contribution in [0.3, 0.4) is 0 Å². The lowest BCUT2D eigenvalue weighted by atomic mass is 10.1. The van der Waals surface area contributed by atoms with E-state index in [0.717, 1.165) is 12.0 Å². The molecule has 0 aliphatic carbocycles. The molecule has 0 aliphatic heterocycles. The van der Waals surface area contributed by atoms with Crippen LogP contribution in [-0.4, -0.2) is 45.5 Å². The number of aliphatic hydroxyl groups is 1. The third-order valence-corrected chi connectivity index (χ3v) is 3.22. The van der Waals surface area contributed by atoms with Crippen LogP contribution in [0.4, 0.5) is 0 Å². The highest BCUT2D eigenvalue weighted by Gasteiger charge is 2.11. The Balaban J connectivity index is 2.66. The molecule has 0 aromatic heterocycles. The SMILES string of the molecule is COc1cc(C=CC=CC(=O)NCCCCO)cc(OC)c1OC. The van der Waals surface area contributed by atoms with Crippen molar-refractivity contribution >= 4 is 12.0 Å². The average molecular weight is 335 g/mol. The van der Waals surface area contributed by atoms with Crippen molar-refractivity contribution in [2.45, 2.75) is 12.8 Å².